The van der Waals surface area contributed by atoms with Crippen molar-refractivity contribution in [3.63, 3.8) is 0 Å². The lowest BCUT2D eigenvalue weighted by atomic mass is 10.2. The second kappa shape index (κ2) is 4.88. The summed E-state index contributed by atoms with van der Waals surface area (Å²) in [5, 5.41) is 2.52. The quantitative estimate of drug-likeness (QED) is 0.933. The molecule has 0 radical (unpaired) electrons. The summed E-state index contributed by atoms with van der Waals surface area (Å²) in [6.45, 7) is 0. The third-order valence-electron chi connectivity index (χ3n) is 3.00. The van der Waals surface area contributed by atoms with E-state index in [4.69, 9.17) is 4.74 Å². The molecule has 1 aliphatic carbocycles. The third kappa shape index (κ3) is 2.74. The summed E-state index contributed by atoms with van der Waals surface area (Å²) < 4.78 is 18.7. The predicted molar refractivity (Wildman–Crippen MR) is 70.1 cm³/mol. The van der Waals surface area contributed by atoms with Crippen molar-refractivity contribution < 1.29 is 13.9 Å². The van der Waals surface area contributed by atoms with Gasteiger partial charge in [0, 0.05) is 6.20 Å². The molecule has 2 aromatic rings. The van der Waals surface area contributed by atoms with E-state index in [2.05, 4.69) is 15.3 Å². The first-order valence-corrected chi connectivity index (χ1v) is 6.20. The number of hydrogen-bond acceptors (Lipinski definition) is 4. The number of halogens is 1. The highest BCUT2D eigenvalue weighted by Gasteiger charge is 2.46. The fourth-order valence-electron chi connectivity index (χ4n) is 1.76. The van der Waals surface area contributed by atoms with E-state index < -0.39 is 11.8 Å². The number of anilines is 1. The predicted octanol–water partition coefficient (Wildman–Crippen LogP) is 3.05. The van der Waals surface area contributed by atoms with Gasteiger partial charge < -0.3 is 4.74 Å². The van der Waals surface area contributed by atoms with E-state index in [1.807, 2.05) is 0 Å². The van der Waals surface area contributed by atoms with Crippen molar-refractivity contribution in [2.75, 3.05) is 5.32 Å². The van der Waals surface area contributed by atoms with Gasteiger partial charge in [-0.05, 0) is 37.1 Å². The second-order valence-electron chi connectivity index (χ2n) is 4.60. The van der Waals surface area contributed by atoms with Gasteiger partial charge in [0.05, 0.1) is 23.8 Å². The molecule has 0 atom stereocenters. The lowest BCUT2D eigenvalue weighted by molar-refractivity contribution is 0.215. The van der Waals surface area contributed by atoms with Gasteiger partial charge in [-0.2, -0.15) is 0 Å². The molecule has 1 N–H and O–H groups in total. The van der Waals surface area contributed by atoms with Gasteiger partial charge in [0.15, 0.2) is 11.4 Å². The molecule has 2 heterocycles. The number of aromatic nitrogens is 2. The molecule has 1 aliphatic rings. The molecule has 0 spiro atoms. The average molecular weight is 273 g/mol. The molecule has 20 heavy (non-hydrogen) atoms. The number of hydrogen-bond donors (Lipinski definition) is 1. The summed E-state index contributed by atoms with van der Waals surface area (Å²) in [6, 6.07) is 6.46. The second-order valence-corrected chi connectivity index (χ2v) is 4.60. The van der Waals surface area contributed by atoms with E-state index in [-0.39, 0.29) is 0 Å². The largest absolute Gasteiger partial charge is 0.417 e. The van der Waals surface area contributed by atoms with Gasteiger partial charge in [-0.15, -0.1) is 0 Å². The Morgan fingerprint density at radius 3 is 2.75 bits per heavy atom. The topological polar surface area (TPSA) is 64.1 Å². The number of nitrogens with zero attached hydrogens (tertiary/aromatic N) is 2. The Morgan fingerprint density at radius 2 is 2.15 bits per heavy atom. The van der Waals surface area contributed by atoms with Crippen molar-refractivity contribution in [1.82, 2.24) is 9.97 Å². The van der Waals surface area contributed by atoms with Crippen LogP contribution < -0.4 is 10.1 Å². The van der Waals surface area contributed by atoms with Gasteiger partial charge in [-0.1, -0.05) is 0 Å². The summed E-state index contributed by atoms with van der Waals surface area (Å²) in [5.41, 5.74) is -0.412. The maximum atomic E-state index is 13.7. The average Bonchev–Trinajstić information content (AvgIpc) is 3.20. The minimum atomic E-state index is -1.27. The van der Waals surface area contributed by atoms with Crippen LogP contribution in [-0.4, -0.2) is 16.1 Å². The van der Waals surface area contributed by atoms with Gasteiger partial charge in [0.25, 0.3) is 0 Å². The van der Waals surface area contributed by atoms with E-state index in [9.17, 15) is 9.18 Å². The summed E-state index contributed by atoms with van der Waals surface area (Å²) in [5.74, 6) is 0.343. The minimum Gasteiger partial charge on any atom is -0.408 e. The number of alkyl halides is 1. The molecule has 0 aromatic carbocycles. The van der Waals surface area contributed by atoms with Crippen molar-refractivity contribution in [1.29, 1.82) is 0 Å². The van der Waals surface area contributed by atoms with E-state index in [1.54, 1.807) is 30.5 Å². The molecule has 0 bridgehead atoms. The van der Waals surface area contributed by atoms with Crippen molar-refractivity contribution in [3.8, 4) is 5.75 Å². The smallest absolute Gasteiger partial charge is 0.408 e. The van der Waals surface area contributed by atoms with Crippen LogP contribution in [-0.2, 0) is 5.67 Å². The van der Waals surface area contributed by atoms with Crippen LogP contribution in [0.15, 0.2) is 42.9 Å². The molecule has 6 heteroatoms. The van der Waals surface area contributed by atoms with Gasteiger partial charge in [-0.25, -0.2) is 9.18 Å². The third-order valence-corrected chi connectivity index (χ3v) is 3.00. The molecule has 5 nitrogen and oxygen atoms in total. The highest BCUT2D eigenvalue weighted by Crippen LogP contribution is 2.48. The van der Waals surface area contributed by atoms with Crippen LogP contribution in [0, 0.1) is 0 Å². The molecule has 3 rings (SSSR count). The molecular weight excluding hydrogens is 261 g/mol. The monoisotopic (exact) mass is 273 g/mol. The number of rotatable bonds is 3. The molecule has 0 aliphatic heterocycles. The zero-order valence-corrected chi connectivity index (χ0v) is 10.5. The van der Waals surface area contributed by atoms with Crippen molar-refractivity contribution in [3.05, 3.63) is 48.5 Å². The molecule has 0 unspecified atom stereocenters. The first-order chi connectivity index (χ1) is 9.66. The Kier molecular flexibility index (Phi) is 3.06. The normalized spacial score (nSPS) is 15.4. The fraction of sp³-hybridized carbons (Fsp3) is 0.214. The molecule has 1 amide bonds. The van der Waals surface area contributed by atoms with Gasteiger partial charge in [0.2, 0.25) is 0 Å². The Balaban J connectivity index is 1.61. The first kappa shape index (κ1) is 12.5. The molecule has 1 saturated carbocycles. The Hall–Kier alpha value is -2.50. The lowest BCUT2D eigenvalue weighted by Gasteiger charge is -2.08. The van der Waals surface area contributed by atoms with Crippen LogP contribution in [0.3, 0.4) is 0 Å². The Morgan fingerprint density at radius 1 is 1.30 bits per heavy atom. The van der Waals surface area contributed by atoms with Crippen LogP contribution in [0.25, 0.3) is 0 Å². The number of carbonyl (C=O) groups excluding carboxylic acids is 1. The zero-order chi connectivity index (χ0) is 14.0. The van der Waals surface area contributed by atoms with E-state index in [0.717, 1.165) is 0 Å². The number of nitrogens with one attached hydrogen (secondary N) is 1. The number of amides is 1. The number of ether oxygens (including phenoxy) is 1. The van der Waals surface area contributed by atoms with Crippen molar-refractivity contribution >= 4 is 11.8 Å². The summed E-state index contributed by atoms with van der Waals surface area (Å²) >= 11 is 0. The Bertz CT molecular complexity index is 612. The maximum absolute atomic E-state index is 13.7. The van der Waals surface area contributed by atoms with Crippen LogP contribution in [0.4, 0.5) is 14.9 Å². The SMILES string of the molecule is O=C(Nc1ccc(C2(F)CC2)nc1)Oc1cccnc1. The van der Waals surface area contributed by atoms with Crippen LogP contribution in [0.2, 0.25) is 0 Å². The summed E-state index contributed by atoms with van der Waals surface area (Å²) in [7, 11) is 0. The fourth-order valence-corrected chi connectivity index (χ4v) is 1.76. The zero-order valence-electron chi connectivity index (χ0n) is 10.5. The van der Waals surface area contributed by atoms with Crippen LogP contribution in [0.5, 0.6) is 5.75 Å². The number of pyridine rings is 2. The lowest BCUT2D eigenvalue weighted by Crippen LogP contribution is -2.17. The Labute approximate surface area is 114 Å². The minimum absolute atomic E-state index is 0.343. The molecular formula is C14H12FN3O2. The highest BCUT2D eigenvalue weighted by molar-refractivity contribution is 5.85. The van der Waals surface area contributed by atoms with E-state index in [0.29, 0.717) is 30.0 Å². The maximum Gasteiger partial charge on any atom is 0.417 e. The van der Waals surface area contributed by atoms with Gasteiger partial charge in [-0.3, -0.25) is 15.3 Å². The van der Waals surface area contributed by atoms with Gasteiger partial charge >= 0.3 is 6.09 Å². The van der Waals surface area contributed by atoms with E-state index >= 15 is 0 Å². The molecule has 102 valence electrons. The van der Waals surface area contributed by atoms with Crippen LogP contribution in [0.1, 0.15) is 18.5 Å². The summed E-state index contributed by atoms with van der Waals surface area (Å²) in [4.78, 5) is 19.5. The number of carbonyl (C=O) groups is 1. The molecule has 2 aromatic heterocycles. The van der Waals surface area contributed by atoms with Gasteiger partial charge in [0.1, 0.15) is 0 Å². The van der Waals surface area contributed by atoms with E-state index in [1.165, 1.54) is 12.4 Å². The molecule has 1 fully saturated rings. The highest BCUT2D eigenvalue weighted by atomic mass is 19.1. The molecule has 0 saturated heterocycles. The first-order valence-electron chi connectivity index (χ1n) is 6.20. The van der Waals surface area contributed by atoms with Crippen molar-refractivity contribution in [2.24, 2.45) is 0 Å². The van der Waals surface area contributed by atoms with Crippen LogP contribution >= 0.6 is 0 Å². The summed E-state index contributed by atoms with van der Waals surface area (Å²) in [6.07, 6.45) is 4.80. The van der Waals surface area contributed by atoms with Crippen molar-refractivity contribution in [2.45, 2.75) is 18.5 Å². The standard InChI is InChI=1S/C14H12FN3O2/c15-14(5-6-14)12-4-3-10(8-17-12)18-13(19)20-11-2-1-7-16-9-11/h1-4,7-9H,5-6H2,(H,18,19).